The highest BCUT2D eigenvalue weighted by Gasteiger charge is 2.29. The van der Waals surface area contributed by atoms with Crippen LogP contribution in [0.2, 0.25) is 0 Å². The molecular formula is C18H20F3NO. The van der Waals surface area contributed by atoms with Crippen molar-refractivity contribution < 1.29 is 17.9 Å². The molecule has 1 N–H and O–H groups in total. The number of alkyl halides is 3. The van der Waals surface area contributed by atoms with Crippen molar-refractivity contribution in [2.24, 2.45) is 0 Å². The van der Waals surface area contributed by atoms with Gasteiger partial charge in [-0.15, -0.1) is 0 Å². The van der Waals surface area contributed by atoms with E-state index >= 15 is 0 Å². The summed E-state index contributed by atoms with van der Waals surface area (Å²) in [5, 5.41) is 3.32. The van der Waals surface area contributed by atoms with Crippen molar-refractivity contribution in [2.45, 2.75) is 32.1 Å². The number of hydrogen-bond donors (Lipinski definition) is 1. The highest BCUT2D eigenvalue weighted by molar-refractivity contribution is 5.28. The van der Waals surface area contributed by atoms with E-state index in [1.807, 2.05) is 31.2 Å². The monoisotopic (exact) mass is 323 g/mol. The van der Waals surface area contributed by atoms with Crippen LogP contribution in [0.3, 0.4) is 0 Å². The molecular weight excluding hydrogens is 303 g/mol. The summed E-state index contributed by atoms with van der Waals surface area (Å²) in [7, 11) is 1.63. The van der Waals surface area contributed by atoms with Gasteiger partial charge in [0.2, 0.25) is 0 Å². The first-order chi connectivity index (χ1) is 10.9. The van der Waals surface area contributed by atoms with Crippen LogP contribution in [-0.2, 0) is 19.1 Å². The van der Waals surface area contributed by atoms with Gasteiger partial charge in [0, 0.05) is 12.6 Å². The minimum absolute atomic E-state index is 0.214. The van der Waals surface area contributed by atoms with E-state index in [1.165, 1.54) is 17.7 Å². The zero-order valence-corrected chi connectivity index (χ0v) is 13.2. The van der Waals surface area contributed by atoms with Crippen molar-refractivity contribution >= 4 is 0 Å². The highest BCUT2D eigenvalue weighted by atomic mass is 19.4. The maximum atomic E-state index is 12.5. The number of nitrogens with one attached hydrogen (secondary N) is 1. The zero-order chi connectivity index (χ0) is 16.9. The maximum Gasteiger partial charge on any atom is 0.416 e. The number of halogens is 3. The Morgan fingerprint density at radius 1 is 0.957 bits per heavy atom. The second-order valence-electron chi connectivity index (χ2n) is 5.53. The predicted molar refractivity (Wildman–Crippen MR) is 84.4 cm³/mol. The van der Waals surface area contributed by atoms with Gasteiger partial charge < -0.3 is 10.1 Å². The molecule has 2 nitrogen and oxygen atoms in total. The molecule has 2 aromatic carbocycles. The van der Waals surface area contributed by atoms with Gasteiger partial charge in [0.15, 0.2) is 0 Å². The third-order valence-electron chi connectivity index (χ3n) is 3.64. The Kier molecular flexibility index (Phi) is 5.66. The molecule has 0 heterocycles. The number of methoxy groups -OCH3 is 1. The van der Waals surface area contributed by atoms with Crippen molar-refractivity contribution in [3.8, 4) is 5.75 Å². The molecule has 1 atom stereocenters. The summed E-state index contributed by atoms with van der Waals surface area (Å²) in [4.78, 5) is 0. The summed E-state index contributed by atoms with van der Waals surface area (Å²) in [6.45, 7) is 2.59. The number of benzene rings is 2. The Bertz CT molecular complexity index is 606. The molecule has 0 unspecified atom stereocenters. The first kappa shape index (κ1) is 17.3. The van der Waals surface area contributed by atoms with Crippen LogP contribution in [0, 0.1) is 0 Å². The van der Waals surface area contributed by atoms with Crippen LogP contribution >= 0.6 is 0 Å². The second-order valence-corrected chi connectivity index (χ2v) is 5.53. The van der Waals surface area contributed by atoms with Crippen LogP contribution in [0.5, 0.6) is 5.75 Å². The lowest BCUT2D eigenvalue weighted by Crippen LogP contribution is -2.27. The van der Waals surface area contributed by atoms with E-state index in [-0.39, 0.29) is 6.04 Å². The fraction of sp³-hybridized carbons (Fsp3) is 0.333. The fourth-order valence-electron chi connectivity index (χ4n) is 2.29. The van der Waals surface area contributed by atoms with E-state index in [9.17, 15) is 13.2 Å². The van der Waals surface area contributed by atoms with Gasteiger partial charge in [-0.05, 0) is 48.7 Å². The minimum atomic E-state index is -4.28. The largest absolute Gasteiger partial charge is 0.497 e. The average Bonchev–Trinajstić information content (AvgIpc) is 2.53. The SMILES string of the molecule is COc1ccc(C[C@H](C)NCc2ccc(C(F)(F)F)cc2)cc1. The molecule has 0 saturated heterocycles. The summed E-state index contributed by atoms with van der Waals surface area (Å²) in [6, 6.07) is 13.3. The topological polar surface area (TPSA) is 21.3 Å². The first-order valence-electron chi connectivity index (χ1n) is 7.41. The molecule has 23 heavy (non-hydrogen) atoms. The van der Waals surface area contributed by atoms with Gasteiger partial charge in [-0.1, -0.05) is 24.3 Å². The van der Waals surface area contributed by atoms with Crippen LogP contribution in [0.1, 0.15) is 23.6 Å². The van der Waals surface area contributed by atoms with E-state index in [4.69, 9.17) is 4.74 Å². The summed E-state index contributed by atoms with van der Waals surface area (Å²) < 4.78 is 42.6. The molecule has 0 spiro atoms. The van der Waals surface area contributed by atoms with E-state index in [0.717, 1.165) is 29.9 Å². The van der Waals surface area contributed by atoms with Gasteiger partial charge in [-0.25, -0.2) is 0 Å². The molecule has 0 aliphatic heterocycles. The quantitative estimate of drug-likeness (QED) is 0.849. The lowest BCUT2D eigenvalue weighted by molar-refractivity contribution is -0.137. The van der Waals surface area contributed by atoms with Gasteiger partial charge in [0.05, 0.1) is 12.7 Å². The van der Waals surface area contributed by atoms with Crippen LogP contribution in [0.25, 0.3) is 0 Å². The maximum absolute atomic E-state index is 12.5. The van der Waals surface area contributed by atoms with Gasteiger partial charge in [0.1, 0.15) is 5.75 Å². The first-order valence-corrected chi connectivity index (χ1v) is 7.41. The lowest BCUT2D eigenvalue weighted by atomic mass is 10.1. The van der Waals surface area contributed by atoms with Gasteiger partial charge in [-0.2, -0.15) is 13.2 Å². The van der Waals surface area contributed by atoms with Crippen molar-refractivity contribution in [1.82, 2.24) is 5.32 Å². The molecule has 0 amide bonds. The van der Waals surface area contributed by atoms with E-state index in [0.29, 0.717) is 6.54 Å². The number of hydrogen-bond acceptors (Lipinski definition) is 2. The molecule has 0 aromatic heterocycles. The van der Waals surface area contributed by atoms with Crippen LogP contribution in [0.4, 0.5) is 13.2 Å². The standard InChI is InChI=1S/C18H20F3NO/c1-13(11-14-5-9-17(23-2)10-6-14)22-12-15-3-7-16(8-4-15)18(19,20)21/h3-10,13,22H,11-12H2,1-2H3/t13-/m0/s1. The number of ether oxygens (including phenoxy) is 1. The summed E-state index contributed by atoms with van der Waals surface area (Å²) in [5.41, 5.74) is 1.39. The lowest BCUT2D eigenvalue weighted by Gasteiger charge is -2.15. The van der Waals surface area contributed by atoms with Gasteiger partial charge in [-0.3, -0.25) is 0 Å². The van der Waals surface area contributed by atoms with Crippen molar-refractivity contribution in [3.63, 3.8) is 0 Å². The smallest absolute Gasteiger partial charge is 0.416 e. The molecule has 124 valence electrons. The molecule has 0 aliphatic carbocycles. The Morgan fingerprint density at radius 3 is 2.04 bits per heavy atom. The molecule has 2 aromatic rings. The predicted octanol–water partition coefficient (Wildman–Crippen LogP) is 4.43. The Labute approximate surface area is 134 Å². The molecule has 0 fully saturated rings. The summed E-state index contributed by atoms with van der Waals surface area (Å²) in [5.74, 6) is 0.819. The van der Waals surface area contributed by atoms with Crippen LogP contribution < -0.4 is 10.1 Å². The highest BCUT2D eigenvalue weighted by Crippen LogP contribution is 2.29. The van der Waals surface area contributed by atoms with Gasteiger partial charge >= 0.3 is 6.18 Å². The molecule has 0 bridgehead atoms. The average molecular weight is 323 g/mol. The number of rotatable bonds is 6. The van der Waals surface area contributed by atoms with Gasteiger partial charge in [0.25, 0.3) is 0 Å². The zero-order valence-electron chi connectivity index (χ0n) is 13.2. The van der Waals surface area contributed by atoms with Crippen molar-refractivity contribution in [2.75, 3.05) is 7.11 Å². The third kappa shape index (κ3) is 5.28. The Morgan fingerprint density at radius 2 is 1.52 bits per heavy atom. The Hall–Kier alpha value is -2.01. The van der Waals surface area contributed by atoms with Crippen molar-refractivity contribution in [3.05, 3.63) is 65.2 Å². The second kappa shape index (κ2) is 7.51. The normalized spacial score (nSPS) is 12.9. The fourth-order valence-corrected chi connectivity index (χ4v) is 2.29. The van der Waals surface area contributed by atoms with E-state index < -0.39 is 11.7 Å². The summed E-state index contributed by atoms with van der Waals surface area (Å²) >= 11 is 0. The van der Waals surface area contributed by atoms with Crippen molar-refractivity contribution in [1.29, 1.82) is 0 Å². The Balaban J connectivity index is 1.84. The molecule has 0 saturated carbocycles. The van der Waals surface area contributed by atoms with Crippen LogP contribution in [-0.4, -0.2) is 13.2 Å². The van der Waals surface area contributed by atoms with E-state index in [2.05, 4.69) is 5.32 Å². The molecule has 0 aliphatic rings. The molecule has 5 heteroatoms. The van der Waals surface area contributed by atoms with Crippen LogP contribution in [0.15, 0.2) is 48.5 Å². The summed E-state index contributed by atoms with van der Waals surface area (Å²) in [6.07, 6.45) is -3.45. The molecule has 2 rings (SSSR count). The van der Waals surface area contributed by atoms with E-state index in [1.54, 1.807) is 7.11 Å². The molecule has 0 radical (unpaired) electrons. The third-order valence-corrected chi connectivity index (χ3v) is 3.64. The minimum Gasteiger partial charge on any atom is -0.497 e.